The molecule has 0 bridgehead atoms. The van der Waals surface area contributed by atoms with Gasteiger partial charge in [-0.2, -0.15) is 12.1 Å². The van der Waals surface area contributed by atoms with Gasteiger partial charge in [-0.1, -0.05) is 158 Å². The normalized spacial score (nSPS) is 11.4. The van der Waals surface area contributed by atoms with Gasteiger partial charge in [-0.05, 0) is 48.0 Å². The minimum Gasteiger partial charge on any atom is -0.748 e. The van der Waals surface area contributed by atoms with E-state index in [4.69, 9.17) is 0 Å². The molecule has 0 saturated carbocycles. The molecule has 228 valence electrons. The molecule has 0 unspecified atom stereocenters. The molecule has 0 saturated heterocycles. The topological polar surface area (TPSA) is 0 Å². The zero-order valence-electron chi connectivity index (χ0n) is 25.3. The van der Waals surface area contributed by atoms with E-state index in [1.807, 2.05) is 30.3 Å². The van der Waals surface area contributed by atoms with Crippen molar-refractivity contribution in [3.8, 4) is 11.1 Å². The third kappa shape index (κ3) is 7.89. The Kier molecular flexibility index (Phi) is 11.9. The van der Waals surface area contributed by atoms with Crippen LogP contribution in [0.25, 0.3) is 11.1 Å². The average Bonchev–Trinajstić information content (AvgIpc) is 3.84. The molecule has 0 nitrogen and oxygen atoms in total. The minimum atomic E-state index is -0.701. The van der Waals surface area contributed by atoms with Gasteiger partial charge in [-0.15, -0.1) is 17.2 Å². The fourth-order valence-electron chi connectivity index (χ4n) is 5.75. The maximum absolute atomic E-state index is 2.42. The van der Waals surface area contributed by atoms with Gasteiger partial charge in [0.15, 0.2) is 0 Å². The molecule has 0 aliphatic heterocycles. The van der Waals surface area contributed by atoms with Crippen molar-refractivity contribution in [3.05, 3.63) is 200 Å². The Balaban J connectivity index is 0.000000609. The van der Waals surface area contributed by atoms with Gasteiger partial charge in [0, 0.05) is 17.1 Å². The van der Waals surface area contributed by atoms with Gasteiger partial charge in [0.1, 0.15) is 0 Å². The quantitative estimate of drug-likeness (QED) is 0.0868. The average molecular weight is 659 g/mol. The van der Waals surface area contributed by atoms with E-state index < -0.39 is 15.8 Å². The molecule has 0 spiro atoms. The van der Waals surface area contributed by atoms with Crippen LogP contribution < -0.4 is 26.5 Å². The summed E-state index contributed by atoms with van der Waals surface area (Å²) in [6.45, 7) is 2.42. The largest absolute Gasteiger partial charge is 0.748 e. The third-order valence-electron chi connectivity index (χ3n) is 7.78. The van der Waals surface area contributed by atoms with Crippen LogP contribution in [0.4, 0.5) is 0 Å². The second kappa shape index (κ2) is 16.5. The first-order chi connectivity index (χ1) is 21.8. The van der Waals surface area contributed by atoms with E-state index in [2.05, 4.69) is 171 Å². The Morgan fingerprint density at radius 2 is 0.867 bits per heavy atom. The molecule has 0 N–H and O–H groups in total. The van der Waals surface area contributed by atoms with Crippen LogP contribution in [0.5, 0.6) is 0 Å². The fourth-order valence-corrected chi connectivity index (χ4v) is 10.9. The standard InChI is InChI=1S/C37H31P2.C5H5.Fe/c1-29(38(30-17-6-2-7-18-30)31-19-8-3-9-20-31)34-26-16-27-35(34)36-25-14-15-28-37(36)39(32-21-10-4-11-22-32)33-23-12-5-13-24-33;1-2-4-5-3-1;/h2-29H,1H3;1-5H;/q-1;-5;/t29-;;/m0../s1. The molecular weight excluding hydrogens is 622 g/mol. The van der Waals surface area contributed by atoms with Crippen LogP contribution in [0.2, 0.25) is 0 Å². The fraction of sp³-hybridized carbons (Fsp3) is 0.0476. The summed E-state index contributed by atoms with van der Waals surface area (Å²) in [6, 6.07) is 70.2. The minimum absolute atomic E-state index is 0. The van der Waals surface area contributed by atoms with Crippen LogP contribution >= 0.6 is 15.8 Å². The smallest absolute Gasteiger partial charge is 0 e. The third-order valence-corrected chi connectivity index (χ3v) is 13.0. The Bertz CT molecular complexity index is 1720. The molecule has 0 heterocycles. The Morgan fingerprint density at radius 1 is 0.467 bits per heavy atom. The molecule has 0 amide bonds. The predicted molar refractivity (Wildman–Crippen MR) is 196 cm³/mol. The first-order valence-corrected chi connectivity index (χ1v) is 17.9. The van der Waals surface area contributed by atoms with E-state index in [1.54, 1.807) is 0 Å². The Labute approximate surface area is 281 Å². The molecular formula is C42H36FeP2-6. The molecule has 7 aromatic carbocycles. The van der Waals surface area contributed by atoms with E-state index in [-0.39, 0.29) is 17.1 Å². The van der Waals surface area contributed by atoms with Crippen molar-refractivity contribution in [1.29, 1.82) is 0 Å². The SMILES string of the molecule is C[C@@H]([c-]1cccc1-c1ccccc1P(c1ccccc1)c1ccccc1)P(c1ccccc1)c1ccccc1.[Fe].[cH-]1[cH-][cH-][cH-][cH-]1. The van der Waals surface area contributed by atoms with Crippen LogP contribution in [0, 0.1) is 0 Å². The molecule has 0 aromatic heterocycles. The zero-order valence-corrected chi connectivity index (χ0v) is 28.2. The molecule has 45 heavy (non-hydrogen) atoms. The maximum atomic E-state index is 2.42. The summed E-state index contributed by atoms with van der Waals surface area (Å²) >= 11 is 0. The summed E-state index contributed by atoms with van der Waals surface area (Å²) in [7, 11) is -1.28. The number of benzene rings is 5. The molecule has 7 aromatic rings. The van der Waals surface area contributed by atoms with Crippen molar-refractivity contribution in [1.82, 2.24) is 0 Å². The summed E-state index contributed by atoms with van der Waals surface area (Å²) in [6.07, 6.45) is 0. The molecule has 1 atom stereocenters. The zero-order chi connectivity index (χ0) is 30.0. The van der Waals surface area contributed by atoms with E-state index in [1.165, 1.54) is 43.2 Å². The van der Waals surface area contributed by atoms with Gasteiger partial charge < -0.3 is 30.3 Å². The van der Waals surface area contributed by atoms with Crippen LogP contribution in [-0.2, 0) is 17.1 Å². The summed E-state index contributed by atoms with van der Waals surface area (Å²) in [4.78, 5) is 0. The first kappa shape index (κ1) is 32.6. The summed E-state index contributed by atoms with van der Waals surface area (Å²) in [5.41, 5.74) is 4.50. The van der Waals surface area contributed by atoms with Crippen LogP contribution in [0.3, 0.4) is 0 Å². The molecule has 7 rings (SSSR count). The van der Waals surface area contributed by atoms with E-state index in [0.29, 0.717) is 5.66 Å². The van der Waals surface area contributed by atoms with Gasteiger partial charge in [-0.25, -0.2) is 0 Å². The monoisotopic (exact) mass is 658 g/mol. The summed E-state index contributed by atoms with van der Waals surface area (Å²) in [5, 5.41) is 7.00. The van der Waals surface area contributed by atoms with Crippen molar-refractivity contribution in [2.45, 2.75) is 12.6 Å². The number of rotatable bonds is 8. The molecule has 3 heteroatoms. The van der Waals surface area contributed by atoms with E-state index in [0.717, 1.165) is 0 Å². The molecule has 0 aliphatic carbocycles. The van der Waals surface area contributed by atoms with E-state index in [9.17, 15) is 0 Å². The molecule has 0 aliphatic rings. The van der Waals surface area contributed by atoms with Crippen LogP contribution in [-0.4, -0.2) is 0 Å². The molecule has 0 radical (unpaired) electrons. The van der Waals surface area contributed by atoms with Crippen molar-refractivity contribution >= 4 is 42.4 Å². The maximum Gasteiger partial charge on any atom is 0 e. The second-order valence-electron chi connectivity index (χ2n) is 10.6. The second-order valence-corrected chi connectivity index (χ2v) is 15.3. The van der Waals surface area contributed by atoms with E-state index >= 15 is 0 Å². The summed E-state index contributed by atoms with van der Waals surface area (Å²) in [5.74, 6) is 0. The predicted octanol–water partition coefficient (Wildman–Crippen LogP) is 9.43. The van der Waals surface area contributed by atoms with Crippen molar-refractivity contribution in [3.63, 3.8) is 0 Å². The van der Waals surface area contributed by atoms with Crippen LogP contribution in [0.15, 0.2) is 194 Å². The Hall–Kier alpha value is -3.82. The Morgan fingerprint density at radius 3 is 1.33 bits per heavy atom. The molecule has 0 fully saturated rings. The van der Waals surface area contributed by atoms with Crippen LogP contribution in [0.1, 0.15) is 18.1 Å². The van der Waals surface area contributed by atoms with Gasteiger partial charge in [-0.3, -0.25) is 0 Å². The number of hydrogen-bond acceptors (Lipinski definition) is 0. The first-order valence-electron chi connectivity index (χ1n) is 15.1. The summed E-state index contributed by atoms with van der Waals surface area (Å²) < 4.78 is 0. The van der Waals surface area contributed by atoms with Gasteiger partial charge in [0.05, 0.1) is 0 Å². The van der Waals surface area contributed by atoms with Gasteiger partial charge in [0.2, 0.25) is 0 Å². The van der Waals surface area contributed by atoms with Gasteiger partial charge >= 0.3 is 0 Å². The number of hydrogen-bond donors (Lipinski definition) is 0. The van der Waals surface area contributed by atoms with Crippen molar-refractivity contribution < 1.29 is 17.1 Å². The van der Waals surface area contributed by atoms with Gasteiger partial charge in [0.25, 0.3) is 0 Å². The van der Waals surface area contributed by atoms with Crippen molar-refractivity contribution in [2.75, 3.05) is 0 Å². The van der Waals surface area contributed by atoms with Crippen molar-refractivity contribution in [2.24, 2.45) is 0 Å².